The number of alkyl halides is 2. The third-order valence-corrected chi connectivity index (χ3v) is 3.46. The van der Waals surface area contributed by atoms with Gasteiger partial charge in [0.15, 0.2) is 0 Å². The molecule has 2 aromatic rings. The number of anilines is 1. The summed E-state index contributed by atoms with van der Waals surface area (Å²) in [5, 5.41) is 12.6. The minimum atomic E-state index is -2.51. The lowest BCUT2D eigenvalue weighted by Crippen LogP contribution is -2.15. The number of aliphatic hydroxyl groups excluding tert-OH is 1. The van der Waals surface area contributed by atoms with Crippen LogP contribution in [0.4, 0.5) is 14.5 Å². The molecule has 0 saturated carbocycles. The minimum absolute atomic E-state index is 0.0430. The molecule has 2 nitrogen and oxygen atoms in total. The normalized spacial score (nSPS) is 12.4. The topological polar surface area (TPSA) is 32.3 Å². The Hall–Kier alpha value is -1.46. The Morgan fingerprint density at radius 1 is 1.05 bits per heavy atom. The zero-order valence-electron chi connectivity index (χ0n) is 10.6. The van der Waals surface area contributed by atoms with Crippen molar-refractivity contribution in [3.63, 3.8) is 0 Å². The molecule has 0 bridgehead atoms. The summed E-state index contributed by atoms with van der Waals surface area (Å²) in [6.07, 6.45) is -2.51. The summed E-state index contributed by atoms with van der Waals surface area (Å²) in [5.41, 5.74) is 1.40. The monoisotopic (exact) mass is 341 g/mol. The molecule has 0 fully saturated rings. The Bertz CT molecular complexity index is 560. The highest BCUT2D eigenvalue weighted by atomic mass is 79.9. The molecular weight excluding hydrogens is 328 g/mol. The highest BCUT2D eigenvalue weighted by molar-refractivity contribution is 9.10. The average molecular weight is 342 g/mol. The Labute approximate surface area is 124 Å². The second-order valence-corrected chi connectivity index (χ2v) is 5.27. The number of aliphatic hydroxyl groups is 1. The number of hydrogen-bond donors (Lipinski definition) is 2. The summed E-state index contributed by atoms with van der Waals surface area (Å²) in [4.78, 5) is 0. The Kier molecular flexibility index (Phi) is 5.09. The molecule has 1 unspecified atom stereocenters. The molecule has 0 radical (unpaired) electrons. The summed E-state index contributed by atoms with van der Waals surface area (Å²) in [6, 6.07) is 13.1. The molecule has 2 aromatic carbocycles. The van der Waals surface area contributed by atoms with E-state index in [-0.39, 0.29) is 12.2 Å². The number of hydrogen-bond acceptors (Lipinski definition) is 2. The maximum atomic E-state index is 12.7. The fourth-order valence-corrected chi connectivity index (χ4v) is 2.16. The Balaban J connectivity index is 2.19. The van der Waals surface area contributed by atoms with Gasteiger partial charge >= 0.3 is 0 Å². The van der Waals surface area contributed by atoms with Crippen LogP contribution in [0.25, 0.3) is 0 Å². The van der Waals surface area contributed by atoms with Crippen molar-refractivity contribution in [1.82, 2.24) is 0 Å². The standard InChI is InChI=1S/C15H14BrF2NO/c16-12-4-6-13(7-5-12)19-14(9-20)10-2-1-3-11(8-10)15(17)18/h1-8,14-15,19-20H,9H2. The Morgan fingerprint density at radius 2 is 1.70 bits per heavy atom. The fourth-order valence-electron chi connectivity index (χ4n) is 1.89. The average Bonchev–Trinajstić information content (AvgIpc) is 2.46. The van der Waals surface area contributed by atoms with Gasteiger partial charge in [-0.15, -0.1) is 0 Å². The van der Waals surface area contributed by atoms with E-state index < -0.39 is 12.5 Å². The second kappa shape index (κ2) is 6.81. The van der Waals surface area contributed by atoms with E-state index in [0.29, 0.717) is 5.56 Å². The van der Waals surface area contributed by atoms with Gasteiger partial charge in [0.1, 0.15) is 0 Å². The van der Waals surface area contributed by atoms with Gasteiger partial charge in [-0.2, -0.15) is 0 Å². The van der Waals surface area contributed by atoms with Crippen molar-refractivity contribution in [2.24, 2.45) is 0 Å². The molecule has 0 spiro atoms. The van der Waals surface area contributed by atoms with E-state index in [9.17, 15) is 13.9 Å². The van der Waals surface area contributed by atoms with Crippen LogP contribution in [0.15, 0.2) is 53.0 Å². The van der Waals surface area contributed by atoms with Crippen LogP contribution in [-0.4, -0.2) is 11.7 Å². The van der Waals surface area contributed by atoms with Crippen molar-refractivity contribution in [3.8, 4) is 0 Å². The van der Waals surface area contributed by atoms with Crippen molar-refractivity contribution >= 4 is 21.6 Å². The van der Waals surface area contributed by atoms with E-state index >= 15 is 0 Å². The number of benzene rings is 2. The fraction of sp³-hybridized carbons (Fsp3) is 0.200. The SMILES string of the molecule is OCC(Nc1ccc(Br)cc1)c1cccc(C(F)F)c1. The molecule has 1 atom stereocenters. The molecular formula is C15H14BrF2NO. The lowest BCUT2D eigenvalue weighted by atomic mass is 10.0. The van der Waals surface area contributed by atoms with Gasteiger partial charge in [0, 0.05) is 15.7 Å². The second-order valence-electron chi connectivity index (χ2n) is 4.36. The first-order valence-electron chi connectivity index (χ1n) is 6.11. The summed E-state index contributed by atoms with van der Waals surface area (Å²) in [7, 11) is 0. The van der Waals surface area contributed by atoms with Crippen molar-refractivity contribution in [3.05, 3.63) is 64.1 Å². The first-order chi connectivity index (χ1) is 9.60. The summed E-state index contributed by atoms with van der Waals surface area (Å²) in [5.74, 6) is 0. The molecule has 0 amide bonds. The molecule has 5 heteroatoms. The van der Waals surface area contributed by atoms with Gasteiger partial charge in [-0.25, -0.2) is 8.78 Å². The molecule has 0 saturated heterocycles. The van der Waals surface area contributed by atoms with Crippen molar-refractivity contribution in [2.45, 2.75) is 12.5 Å². The van der Waals surface area contributed by atoms with Crippen LogP contribution in [0.5, 0.6) is 0 Å². The maximum Gasteiger partial charge on any atom is 0.263 e. The van der Waals surface area contributed by atoms with Crippen LogP contribution < -0.4 is 5.32 Å². The molecule has 0 aliphatic heterocycles. The predicted octanol–water partition coefficient (Wildman–Crippen LogP) is 4.53. The van der Waals surface area contributed by atoms with Crippen LogP contribution in [0.3, 0.4) is 0 Å². The third-order valence-electron chi connectivity index (χ3n) is 2.93. The van der Waals surface area contributed by atoms with E-state index in [4.69, 9.17) is 0 Å². The first kappa shape index (κ1) is 14.9. The molecule has 106 valence electrons. The lowest BCUT2D eigenvalue weighted by Gasteiger charge is -2.19. The number of halogens is 3. The van der Waals surface area contributed by atoms with Crippen LogP contribution in [0.2, 0.25) is 0 Å². The highest BCUT2D eigenvalue weighted by Gasteiger charge is 2.13. The molecule has 20 heavy (non-hydrogen) atoms. The van der Waals surface area contributed by atoms with Gasteiger partial charge in [-0.05, 0) is 35.9 Å². The van der Waals surface area contributed by atoms with Crippen LogP contribution in [0.1, 0.15) is 23.6 Å². The highest BCUT2D eigenvalue weighted by Crippen LogP contribution is 2.25. The van der Waals surface area contributed by atoms with E-state index in [1.54, 1.807) is 12.1 Å². The summed E-state index contributed by atoms with van der Waals surface area (Å²) >= 11 is 3.34. The van der Waals surface area contributed by atoms with E-state index in [0.717, 1.165) is 10.2 Å². The van der Waals surface area contributed by atoms with Gasteiger partial charge in [-0.3, -0.25) is 0 Å². The molecule has 0 aliphatic carbocycles. The van der Waals surface area contributed by atoms with Crippen molar-refractivity contribution in [1.29, 1.82) is 0 Å². The van der Waals surface area contributed by atoms with Crippen LogP contribution in [-0.2, 0) is 0 Å². The minimum Gasteiger partial charge on any atom is -0.394 e. The van der Waals surface area contributed by atoms with Crippen molar-refractivity contribution < 1.29 is 13.9 Å². The smallest absolute Gasteiger partial charge is 0.263 e. The summed E-state index contributed by atoms with van der Waals surface area (Å²) < 4.78 is 26.3. The molecule has 2 rings (SSSR count). The van der Waals surface area contributed by atoms with E-state index in [1.807, 2.05) is 24.3 Å². The molecule has 0 aliphatic rings. The van der Waals surface area contributed by atoms with E-state index in [2.05, 4.69) is 21.2 Å². The van der Waals surface area contributed by atoms with Crippen LogP contribution in [0, 0.1) is 0 Å². The van der Waals surface area contributed by atoms with Crippen LogP contribution >= 0.6 is 15.9 Å². The van der Waals surface area contributed by atoms with Gasteiger partial charge < -0.3 is 10.4 Å². The largest absolute Gasteiger partial charge is 0.394 e. The predicted molar refractivity (Wildman–Crippen MR) is 79.0 cm³/mol. The van der Waals surface area contributed by atoms with Gasteiger partial charge in [0.05, 0.1) is 12.6 Å². The first-order valence-corrected chi connectivity index (χ1v) is 6.90. The Morgan fingerprint density at radius 3 is 2.30 bits per heavy atom. The molecule has 0 heterocycles. The van der Waals surface area contributed by atoms with Gasteiger partial charge in [-0.1, -0.05) is 34.1 Å². The quantitative estimate of drug-likeness (QED) is 0.837. The third kappa shape index (κ3) is 3.77. The zero-order valence-corrected chi connectivity index (χ0v) is 12.1. The zero-order chi connectivity index (χ0) is 14.5. The van der Waals surface area contributed by atoms with Gasteiger partial charge in [0.2, 0.25) is 0 Å². The maximum absolute atomic E-state index is 12.7. The summed E-state index contributed by atoms with van der Waals surface area (Å²) in [6.45, 7) is -0.178. The molecule has 2 N–H and O–H groups in total. The lowest BCUT2D eigenvalue weighted by molar-refractivity contribution is 0.151. The number of nitrogens with one attached hydrogen (secondary N) is 1. The van der Waals surface area contributed by atoms with E-state index in [1.165, 1.54) is 12.1 Å². The van der Waals surface area contributed by atoms with Gasteiger partial charge in [0.25, 0.3) is 6.43 Å². The van der Waals surface area contributed by atoms with Crippen molar-refractivity contribution in [2.75, 3.05) is 11.9 Å². The molecule has 0 aromatic heterocycles. The number of rotatable bonds is 5.